The largest absolute Gasteiger partial charge is 0.391 e. The van der Waals surface area contributed by atoms with Crippen LogP contribution in [-0.2, 0) is 11.3 Å². The second kappa shape index (κ2) is 9.13. The van der Waals surface area contributed by atoms with E-state index in [0.29, 0.717) is 39.0 Å². The number of rotatable bonds is 5. The maximum Gasteiger partial charge on any atom is 0.261 e. The van der Waals surface area contributed by atoms with E-state index in [2.05, 4.69) is 36.8 Å². The third kappa shape index (κ3) is 4.96. The number of hydrogen-bond donors (Lipinski definition) is 3. The molecule has 10 heteroatoms. The van der Waals surface area contributed by atoms with Crippen LogP contribution >= 0.6 is 27.5 Å². The third-order valence-corrected chi connectivity index (χ3v) is 5.79. The maximum atomic E-state index is 12.9. The molecule has 2 heterocycles. The summed E-state index contributed by atoms with van der Waals surface area (Å²) < 4.78 is 2.08. The first kappa shape index (κ1) is 20.9. The first-order valence-corrected chi connectivity index (χ1v) is 10.1. The minimum atomic E-state index is -0.501. The monoisotopic (exact) mass is 469 g/mol. The second-order valence-corrected chi connectivity index (χ2v) is 8.04. The predicted molar refractivity (Wildman–Crippen MR) is 112 cm³/mol. The average molecular weight is 471 g/mol. The van der Waals surface area contributed by atoms with Crippen LogP contribution in [0.1, 0.15) is 26.2 Å². The van der Waals surface area contributed by atoms with Gasteiger partial charge in [-0.05, 0) is 47.4 Å². The van der Waals surface area contributed by atoms with Crippen LogP contribution in [0.2, 0.25) is 5.02 Å². The fourth-order valence-electron chi connectivity index (χ4n) is 3.16. The number of aromatic nitrogens is 2. The number of benzene rings is 1. The Morgan fingerprint density at radius 2 is 2.32 bits per heavy atom. The molecule has 0 saturated carbocycles. The quantitative estimate of drug-likeness (QED) is 0.456. The molecule has 1 fully saturated rings. The van der Waals surface area contributed by atoms with Gasteiger partial charge in [-0.1, -0.05) is 11.6 Å². The second-order valence-electron chi connectivity index (χ2n) is 6.78. The molecular formula is C18H21BrClN5O3. The Balaban J connectivity index is 1.90. The number of hydrogen-bond acceptors (Lipinski definition) is 6. The minimum Gasteiger partial charge on any atom is -0.391 e. The van der Waals surface area contributed by atoms with E-state index in [1.807, 2.05) is 0 Å². The van der Waals surface area contributed by atoms with Crippen molar-refractivity contribution >= 4 is 50.1 Å². The molecule has 0 radical (unpaired) electrons. The number of halogens is 2. The molecule has 1 saturated heterocycles. The van der Waals surface area contributed by atoms with Crippen LogP contribution < -0.4 is 16.3 Å². The van der Waals surface area contributed by atoms with Crippen molar-refractivity contribution < 1.29 is 9.90 Å². The Bertz CT molecular complexity index is 978. The van der Waals surface area contributed by atoms with Crippen LogP contribution in [0.5, 0.6) is 0 Å². The number of amides is 1. The van der Waals surface area contributed by atoms with Gasteiger partial charge in [-0.3, -0.25) is 14.2 Å². The normalized spacial score (nSPS) is 20.4. The van der Waals surface area contributed by atoms with Crippen molar-refractivity contribution in [1.82, 2.24) is 20.3 Å². The molecule has 2 aromatic rings. The fraction of sp³-hybridized carbons (Fsp3) is 0.444. The van der Waals surface area contributed by atoms with E-state index in [9.17, 15) is 14.7 Å². The van der Waals surface area contributed by atoms with Crippen molar-refractivity contribution in [3.63, 3.8) is 0 Å². The molecule has 0 spiro atoms. The van der Waals surface area contributed by atoms with E-state index >= 15 is 0 Å². The van der Waals surface area contributed by atoms with Crippen LogP contribution in [0.25, 0.3) is 10.9 Å². The highest BCUT2D eigenvalue weighted by atomic mass is 79.9. The molecule has 1 aromatic heterocycles. The number of aliphatic hydroxyl groups excluding tert-OH is 1. The van der Waals surface area contributed by atoms with E-state index in [1.165, 1.54) is 17.8 Å². The summed E-state index contributed by atoms with van der Waals surface area (Å²) in [5, 5.41) is 18.4. The molecule has 3 N–H and O–H groups in total. The Kier molecular flexibility index (Phi) is 6.82. The summed E-state index contributed by atoms with van der Waals surface area (Å²) in [6, 6.07) is 3.08. The van der Waals surface area contributed by atoms with Crippen LogP contribution in [0, 0.1) is 0 Å². The van der Waals surface area contributed by atoms with E-state index in [0.717, 1.165) is 13.0 Å². The highest BCUT2D eigenvalue weighted by Crippen LogP contribution is 2.25. The highest BCUT2D eigenvalue weighted by Gasteiger charge is 2.24. The third-order valence-electron chi connectivity index (χ3n) is 4.59. The number of fused-ring (bicyclic) bond motifs is 1. The van der Waals surface area contributed by atoms with Crippen molar-refractivity contribution in [1.29, 1.82) is 0 Å². The summed E-state index contributed by atoms with van der Waals surface area (Å²) in [7, 11) is 0. The number of nitrogens with one attached hydrogen (secondary N) is 2. The summed E-state index contributed by atoms with van der Waals surface area (Å²) >= 11 is 9.44. The lowest BCUT2D eigenvalue weighted by Gasteiger charge is -2.29. The lowest BCUT2D eigenvalue weighted by atomic mass is 9.96. The van der Waals surface area contributed by atoms with Crippen LogP contribution in [0.4, 0.5) is 0 Å². The first-order valence-electron chi connectivity index (χ1n) is 8.93. The SMILES string of the molecule is CC(=O)N/N=C(/C[C@H]1NCCC[C@@H]1O)Cn1cnc2cc(Br)c(Cl)cc2c1=O. The van der Waals surface area contributed by atoms with Crippen molar-refractivity contribution in [3.8, 4) is 0 Å². The van der Waals surface area contributed by atoms with Gasteiger partial charge < -0.3 is 10.4 Å². The first-order chi connectivity index (χ1) is 13.3. The van der Waals surface area contributed by atoms with Crippen molar-refractivity contribution in [2.75, 3.05) is 6.54 Å². The molecule has 1 aliphatic rings. The average Bonchev–Trinajstić information content (AvgIpc) is 2.65. The molecule has 8 nitrogen and oxygen atoms in total. The molecule has 3 rings (SSSR count). The molecule has 2 atom stereocenters. The lowest BCUT2D eigenvalue weighted by molar-refractivity contribution is -0.118. The zero-order valence-corrected chi connectivity index (χ0v) is 17.6. The van der Waals surface area contributed by atoms with Gasteiger partial charge >= 0.3 is 0 Å². The molecule has 150 valence electrons. The summed E-state index contributed by atoms with van der Waals surface area (Å²) in [5.41, 5.74) is 3.25. The zero-order valence-electron chi connectivity index (χ0n) is 15.3. The van der Waals surface area contributed by atoms with Crippen molar-refractivity contribution in [2.24, 2.45) is 5.10 Å². The van der Waals surface area contributed by atoms with Gasteiger partial charge in [0.25, 0.3) is 5.56 Å². The van der Waals surface area contributed by atoms with Gasteiger partial charge in [0.2, 0.25) is 5.91 Å². The number of nitrogens with zero attached hydrogens (tertiary/aromatic N) is 3. The zero-order chi connectivity index (χ0) is 20.3. The molecule has 1 aliphatic heterocycles. The van der Waals surface area contributed by atoms with Crippen molar-refractivity contribution in [3.05, 3.63) is 38.3 Å². The van der Waals surface area contributed by atoms with Crippen LogP contribution in [0.3, 0.4) is 0 Å². The predicted octanol–water partition coefficient (Wildman–Crippen LogP) is 1.81. The molecule has 1 aromatic carbocycles. The van der Waals surface area contributed by atoms with E-state index in [1.54, 1.807) is 12.1 Å². The number of piperidine rings is 1. The van der Waals surface area contributed by atoms with Gasteiger partial charge in [-0.15, -0.1) is 0 Å². The van der Waals surface area contributed by atoms with Crippen molar-refractivity contribution in [2.45, 2.75) is 44.9 Å². The topological polar surface area (TPSA) is 109 Å². The summed E-state index contributed by atoms with van der Waals surface area (Å²) in [5.74, 6) is -0.310. The molecule has 28 heavy (non-hydrogen) atoms. The van der Waals surface area contributed by atoms with E-state index in [4.69, 9.17) is 11.6 Å². The van der Waals surface area contributed by atoms with Gasteiger partial charge in [0.05, 0.1) is 40.6 Å². The smallest absolute Gasteiger partial charge is 0.261 e. The molecule has 0 unspecified atom stereocenters. The number of carbonyl (C=O) groups excluding carboxylic acids is 1. The molecule has 0 bridgehead atoms. The van der Waals surface area contributed by atoms with Gasteiger partial charge in [-0.2, -0.15) is 5.10 Å². The number of aliphatic hydroxyl groups is 1. The minimum absolute atomic E-state index is 0.140. The summed E-state index contributed by atoms with van der Waals surface area (Å²) in [6.07, 6.45) is 2.95. The highest BCUT2D eigenvalue weighted by molar-refractivity contribution is 9.10. The van der Waals surface area contributed by atoms with Crippen LogP contribution in [0.15, 0.2) is 32.8 Å². The lowest BCUT2D eigenvalue weighted by Crippen LogP contribution is -2.46. The Morgan fingerprint density at radius 1 is 1.54 bits per heavy atom. The summed E-state index contributed by atoms with van der Waals surface area (Å²) in [6.45, 7) is 2.30. The standard InChI is InChI=1S/C18H21BrClN5O3/c1-10(26)23-24-11(5-16-17(27)3-2-4-21-16)8-25-9-22-15-7-13(19)14(20)6-12(15)18(25)28/h6-7,9,16-17,21,27H,2-5,8H2,1H3,(H,23,26)/b24-11-/t16-,17+/m1/s1. The van der Waals surface area contributed by atoms with Crippen LogP contribution in [-0.4, -0.2) is 45.0 Å². The molecule has 0 aliphatic carbocycles. The van der Waals surface area contributed by atoms with E-state index in [-0.39, 0.29) is 24.1 Å². The Hall–Kier alpha value is -1.81. The Labute approximate surface area is 175 Å². The molecular weight excluding hydrogens is 450 g/mol. The Morgan fingerprint density at radius 3 is 3.04 bits per heavy atom. The maximum absolute atomic E-state index is 12.9. The van der Waals surface area contributed by atoms with Gasteiger partial charge in [0, 0.05) is 23.9 Å². The summed E-state index contributed by atoms with van der Waals surface area (Å²) in [4.78, 5) is 28.5. The van der Waals surface area contributed by atoms with Gasteiger partial charge in [0.1, 0.15) is 0 Å². The number of carbonyl (C=O) groups is 1. The molecule has 1 amide bonds. The van der Waals surface area contributed by atoms with Gasteiger partial charge in [0.15, 0.2) is 0 Å². The van der Waals surface area contributed by atoms with Gasteiger partial charge in [-0.25, -0.2) is 10.4 Å². The fourth-order valence-corrected chi connectivity index (χ4v) is 3.66. The number of hydrazone groups is 1. The van der Waals surface area contributed by atoms with E-state index < -0.39 is 6.10 Å².